The molecule has 0 heterocycles. The minimum atomic E-state index is -3.97. The number of alkyl halides is 2. The van der Waals surface area contributed by atoms with Crippen molar-refractivity contribution >= 4 is 5.97 Å². The molecule has 1 aromatic carbocycles. The zero-order valence-electron chi connectivity index (χ0n) is 7.88. The molecule has 1 rings (SSSR count). The fourth-order valence-corrected chi connectivity index (χ4v) is 1.21. The smallest absolute Gasteiger partial charge is 0.375 e. The summed E-state index contributed by atoms with van der Waals surface area (Å²) in [5.74, 6) is -8.75. The van der Waals surface area contributed by atoms with Crippen molar-refractivity contribution in [3.05, 3.63) is 35.6 Å². The molecule has 0 fully saturated rings. The van der Waals surface area contributed by atoms with Crippen LogP contribution in [0.5, 0.6) is 0 Å². The van der Waals surface area contributed by atoms with E-state index in [0.717, 1.165) is 19.1 Å². The van der Waals surface area contributed by atoms with E-state index in [1.54, 1.807) is 0 Å². The third-order valence-electron chi connectivity index (χ3n) is 2.20. The Labute approximate surface area is 84.3 Å². The van der Waals surface area contributed by atoms with Crippen molar-refractivity contribution in [3.63, 3.8) is 0 Å². The Balaban J connectivity index is 3.10. The molecule has 1 atom stereocenters. The van der Waals surface area contributed by atoms with Crippen molar-refractivity contribution in [1.29, 1.82) is 0 Å². The minimum Gasteiger partial charge on any atom is -0.477 e. The second-order valence-electron chi connectivity index (χ2n) is 3.17. The molecule has 0 amide bonds. The van der Waals surface area contributed by atoms with Gasteiger partial charge in [0.25, 0.3) is 0 Å². The molecule has 2 nitrogen and oxygen atoms in total. The number of hydrogen-bond acceptors (Lipinski definition) is 1. The zero-order chi connectivity index (χ0) is 11.6. The molecule has 0 spiro atoms. The lowest BCUT2D eigenvalue weighted by molar-refractivity contribution is -0.167. The molecular formula is C10H9F3O2. The van der Waals surface area contributed by atoms with Crippen molar-refractivity contribution in [1.82, 2.24) is 0 Å². The largest absolute Gasteiger partial charge is 0.477 e. The van der Waals surface area contributed by atoms with E-state index in [0.29, 0.717) is 0 Å². The number of aliphatic carboxylic acids is 1. The Morgan fingerprint density at radius 2 is 1.93 bits per heavy atom. The molecule has 5 heteroatoms. The molecule has 1 N–H and O–H groups in total. The first-order chi connectivity index (χ1) is 6.87. The highest BCUT2D eigenvalue weighted by molar-refractivity contribution is 5.76. The van der Waals surface area contributed by atoms with Crippen LogP contribution in [0.3, 0.4) is 0 Å². The second-order valence-corrected chi connectivity index (χ2v) is 3.17. The van der Waals surface area contributed by atoms with E-state index in [2.05, 4.69) is 0 Å². The van der Waals surface area contributed by atoms with E-state index in [4.69, 9.17) is 5.11 Å². The lowest BCUT2D eigenvalue weighted by Gasteiger charge is -2.19. The van der Waals surface area contributed by atoms with E-state index in [1.807, 2.05) is 0 Å². The SMILES string of the molecule is CC(c1ccccc1F)C(F)(F)C(=O)O. The summed E-state index contributed by atoms with van der Waals surface area (Å²) in [6.45, 7) is 0.979. The average Bonchev–Trinajstić information content (AvgIpc) is 2.17. The molecule has 0 radical (unpaired) electrons. The number of carboxylic acids is 1. The maximum atomic E-state index is 13.1. The third kappa shape index (κ3) is 2.11. The summed E-state index contributed by atoms with van der Waals surface area (Å²) in [6, 6.07) is 4.90. The predicted molar refractivity (Wildman–Crippen MR) is 47.4 cm³/mol. The molecule has 0 aliphatic carbocycles. The van der Waals surface area contributed by atoms with Crippen molar-refractivity contribution in [2.45, 2.75) is 18.8 Å². The summed E-state index contributed by atoms with van der Waals surface area (Å²) in [7, 11) is 0. The first kappa shape index (κ1) is 11.6. The topological polar surface area (TPSA) is 37.3 Å². The summed E-state index contributed by atoms with van der Waals surface area (Å²) < 4.78 is 39.2. The number of benzene rings is 1. The van der Waals surface area contributed by atoms with Gasteiger partial charge >= 0.3 is 11.9 Å². The predicted octanol–water partition coefficient (Wildman–Crippen LogP) is 2.65. The van der Waals surface area contributed by atoms with Gasteiger partial charge in [0.1, 0.15) is 5.82 Å². The summed E-state index contributed by atoms with van der Waals surface area (Å²) in [4.78, 5) is 10.3. The quantitative estimate of drug-likeness (QED) is 0.846. The van der Waals surface area contributed by atoms with Crippen LogP contribution in [0.1, 0.15) is 18.4 Å². The summed E-state index contributed by atoms with van der Waals surface area (Å²) in [5.41, 5.74) is -0.301. The van der Waals surface area contributed by atoms with Crippen LogP contribution in [0.25, 0.3) is 0 Å². The maximum Gasteiger partial charge on any atom is 0.375 e. The van der Waals surface area contributed by atoms with Gasteiger partial charge in [0.05, 0.1) is 5.92 Å². The first-order valence-corrected chi connectivity index (χ1v) is 4.23. The zero-order valence-corrected chi connectivity index (χ0v) is 7.88. The average molecular weight is 218 g/mol. The first-order valence-electron chi connectivity index (χ1n) is 4.23. The van der Waals surface area contributed by atoms with Gasteiger partial charge in [0.2, 0.25) is 0 Å². The van der Waals surface area contributed by atoms with Gasteiger partial charge in [-0.25, -0.2) is 9.18 Å². The Kier molecular flexibility index (Phi) is 3.02. The molecule has 0 bridgehead atoms. The second kappa shape index (κ2) is 3.92. The van der Waals surface area contributed by atoms with Crippen LogP contribution >= 0.6 is 0 Å². The van der Waals surface area contributed by atoms with Crippen LogP contribution in [0, 0.1) is 5.82 Å². The fourth-order valence-electron chi connectivity index (χ4n) is 1.21. The van der Waals surface area contributed by atoms with Crippen LogP contribution in [0.2, 0.25) is 0 Å². The third-order valence-corrected chi connectivity index (χ3v) is 2.20. The van der Waals surface area contributed by atoms with Gasteiger partial charge < -0.3 is 5.11 Å². The highest BCUT2D eigenvalue weighted by Gasteiger charge is 2.46. The maximum absolute atomic E-state index is 13.1. The molecule has 0 aliphatic heterocycles. The van der Waals surface area contributed by atoms with Crippen molar-refractivity contribution in [3.8, 4) is 0 Å². The van der Waals surface area contributed by atoms with Crippen LogP contribution in [-0.4, -0.2) is 17.0 Å². The minimum absolute atomic E-state index is 0.301. The van der Waals surface area contributed by atoms with Gasteiger partial charge in [0, 0.05) is 0 Å². The van der Waals surface area contributed by atoms with Crippen molar-refractivity contribution < 1.29 is 23.1 Å². The van der Waals surface area contributed by atoms with Gasteiger partial charge in [-0.1, -0.05) is 25.1 Å². The Bertz CT molecular complexity index is 377. The monoisotopic (exact) mass is 218 g/mol. The number of hydrogen-bond donors (Lipinski definition) is 1. The fraction of sp³-hybridized carbons (Fsp3) is 0.300. The number of carboxylic acid groups (broad SMARTS) is 1. The highest BCUT2D eigenvalue weighted by Crippen LogP contribution is 2.34. The van der Waals surface area contributed by atoms with Crippen molar-refractivity contribution in [2.24, 2.45) is 0 Å². The number of rotatable bonds is 3. The van der Waals surface area contributed by atoms with Crippen LogP contribution < -0.4 is 0 Å². The van der Waals surface area contributed by atoms with Gasteiger partial charge in [0.15, 0.2) is 0 Å². The molecule has 0 aromatic heterocycles. The Morgan fingerprint density at radius 1 is 1.40 bits per heavy atom. The molecule has 1 aromatic rings. The summed E-state index contributed by atoms with van der Waals surface area (Å²) >= 11 is 0. The molecule has 0 saturated heterocycles. The van der Waals surface area contributed by atoms with Gasteiger partial charge in [-0.15, -0.1) is 0 Å². The van der Waals surface area contributed by atoms with E-state index >= 15 is 0 Å². The van der Waals surface area contributed by atoms with E-state index in [1.165, 1.54) is 12.1 Å². The molecule has 0 aliphatic rings. The van der Waals surface area contributed by atoms with Gasteiger partial charge in [-0.3, -0.25) is 0 Å². The molecular weight excluding hydrogens is 209 g/mol. The van der Waals surface area contributed by atoms with Crippen molar-refractivity contribution in [2.75, 3.05) is 0 Å². The van der Waals surface area contributed by atoms with Crippen LogP contribution in [0.4, 0.5) is 13.2 Å². The van der Waals surface area contributed by atoms with E-state index in [-0.39, 0.29) is 5.56 Å². The Hall–Kier alpha value is -1.52. The van der Waals surface area contributed by atoms with Crippen LogP contribution in [0.15, 0.2) is 24.3 Å². The van der Waals surface area contributed by atoms with Gasteiger partial charge in [-0.2, -0.15) is 8.78 Å². The summed E-state index contributed by atoms with van der Waals surface area (Å²) in [6.07, 6.45) is 0. The van der Waals surface area contributed by atoms with Gasteiger partial charge in [-0.05, 0) is 11.6 Å². The molecule has 1 unspecified atom stereocenters. The molecule has 0 saturated carbocycles. The number of halogens is 3. The highest BCUT2D eigenvalue weighted by atomic mass is 19.3. The summed E-state index contributed by atoms with van der Waals surface area (Å²) in [5, 5.41) is 8.29. The molecule has 82 valence electrons. The lowest BCUT2D eigenvalue weighted by Crippen LogP contribution is -2.34. The Morgan fingerprint density at radius 3 is 2.40 bits per heavy atom. The molecule has 15 heavy (non-hydrogen) atoms. The standard InChI is InChI=1S/C10H9F3O2/c1-6(10(12,13)9(14)15)7-4-2-3-5-8(7)11/h2-6H,1H3,(H,14,15). The lowest BCUT2D eigenvalue weighted by atomic mass is 9.94. The number of carbonyl (C=O) groups is 1. The van der Waals surface area contributed by atoms with E-state index in [9.17, 15) is 18.0 Å². The normalized spacial score (nSPS) is 13.6. The van der Waals surface area contributed by atoms with Crippen LogP contribution in [-0.2, 0) is 4.79 Å². The van der Waals surface area contributed by atoms with E-state index < -0.39 is 23.6 Å².